The molecule has 18 heavy (non-hydrogen) atoms. The number of nitrogens with one attached hydrogen (secondary N) is 1. The molecule has 0 amide bonds. The van der Waals surface area contributed by atoms with Crippen molar-refractivity contribution in [3.63, 3.8) is 0 Å². The fourth-order valence-electron chi connectivity index (χ4n) is 1.54. The van der Waals surface area contributed by atoms with Crippen LogP contribution in [0, 0.1) is 0 Å². The second-order valence-electron chi connectivity index (χ2n) is 3.83. The van der Waals surface area contributed by atoms with Crippen molar-refractivity contribution in [3.8, 4) is 10.4 Å². The fraction of sp³-hybridized carbons (Fsp3) is 0.231. The molecule has 0 fully saturated rings. The summed E-state index contributed by atoms with van der Waals surface area (Å²) in [6, 6.07) is 7.99. The van der Waals surface area contributed by atoms with Crippen molar-refractivity contribution in [3.05, 3.63) is 35.8 Å². The Morgan fingerprint density at radius 1 is 1.39 bits per heavy atom. The van der Waals surface area contributed by atoms with Gasteiger partial charge in [-0.15, -0.1) is 11.3 Å². The molecule has 0 aliphatic carbocycles. The van der Waals surface area contributed by atoms with Gasteiger partial charge in [0.05, 0.1) is 0 Å². The van der Waals surface area contributed by atoms with Gasteiger partial charge in [0.15, 0.2) is 0 Å². The van der Waals surface area contributed by atoms with Crippen LogP contribution in [0.5, 0.6) is 0 Å². The van der Waals surface area contributed by atoms with Crippen molar-refractivity contribution in [1.82, 2.24) is 4.98 Å². The molecule has 0 atom stereocenters. The molecule has 0 spiro atoms. The lowest BCUT2D eigenvalue weighted by molar-refractivity contribution is -0.137. The van der Waals surface area contributed by atoms with Crippen molar-refractivity contribution in [2.45, 2.75) is 12.8 Å². The summed E-state index contributed by atoms with van der Waals surface area (Å²) < 4.78 is 0. The lowest BCUT2D eigenvalue weighted by Gasteiger charge is -2.05. The monoisotopic (exact) mass is 262 g/mol. The number of rotatable bonds is 6. The molecule has 5 heteroatoms. The van der Waals surface area contributed by atoms with Gasteiger partial charge in [-0.2, -0.15) is 0 Å². The van der Waals surface area contributed by atoms with E-state index in [2.05, 4.69) is 16.4 Å². The van der Waals surface area contributed by atoms with Crippen molar-refractivity contribution >= 4 is 23.1 Å². The maximum atomic E-state index is 10.3. The highest BCUT2D eigenvalue weighted by Gasteiger charge is 2.00. The van der Waals surface area contributed by atoms with Crippen LogP contribution in [0.1, 0.15) is 12.8 Å². The molecule has 2 aromatic rings. The third-order valence-electron chi connectivity index (χ3n) is 2.44. The minimum Gasteiger partial charge on any atom is -0.481 e. The number of aromatic nitrogens is 1. The average Bonchev–Trinajstić information content (AvgIpc) is 2.89. The van der Waals surface area contributed by atoms with Gasteiger partial charge in [-0.05, 0) is 30.0 Å². The average molecular weight is 262 g/mol. The summed E-state index contributed by atoms with van der Waals surface area (Å²) >= 11 is 1.68. The first kappa shape index (κ1) is 12.6. The number of pyridine rings is 1. The smallest absolute Gasteiger partial charge is 0.303 e. The number of hydrogen-bond acceptors (Lipinski definition) is 4. The van der Waals surface area contributed by atoms with E-state index in [1.807, 2.05) is 29.8 Å². The first-order valence-corrected chi connectivity index (χ1v) is 6.59. The summed E-state index contributed by atoms with van der Waals surface area (Å²) in [6.45, 7) is 0.623. The zero-order valence-electron chi connectivity index (χ0n) is 9.80. The first-order chi connectivity index (χ1) is 8.75. The number of carboxylic acids is 1. The molecule has 0 unspecified atom stereocenters. The van der Waals surface area contributed by atoms with Crippen molar-refractivity contribution in [1.29, 1.82) is 0 Å². The molecular weight excluding hydrogens is 248 g/mol. The number of nitrogens with zero attached hydrogens (tertiary/aromatic N) is 1. The van der Waals surface area contributed by atoms with E-state index in [0.717, 1.165) is 11.4 Å². The van der Waals surface area contributed by atoms with Gasteiger partial charge in [0.2, 0.25) is 0 Å². The maximum Gasteiger partial charge on any atom is 0.303 e. The fourth-order valence-corrected chi connectivity index (χ4v) is 2.26. The SMILES string of the molecule is O=C(O)CCCNc1ccc(-c2cccs2)cn1. The largest absolute Gasteiger partial charge is 0.481 e. The van der Waals surface area contributed by atoms with Crippen LogP contribution < -0.4 is 5.32 Å². The van der Waals surface area contributed by atoms with Crippen molar-refractivity contribution in [2.24, 2.45) is 0 Å². The normalized spacial score (nSPS) is 10.2. The van der Waals surface area contributed by atoms with Crippen LogP contribution in [-0.4, -0.2) is 22.6 Å². The molecule has 2 heterocycles. The third kappa shape index (κ3) is 3.56. The Hall–Kier alpha value is -1.88. The predicted octanol–water partition coefficient (Wildman–Crippen LogP) is 3.09. The molecular formula is C13H14N2O2S. The van der Waals surface area contributed by atoms with Gasteiger partial charge >= 0.3 is 5.97 Å². The van der Waals surface area contributed by atoms with Crippen LogP contribution in [0.2, 0.25) is 0 Å². The van der Waals surface area contributed by atoms with Crippen LogP contribution in [0.25, 0.3) is 10.4 Å². The minimum absolute atomic E-state index is 0.181. The van der Waals surface area contributed by atoms with Crippen molar-refractivity contribution in [2.75, 3.05) is 11.9 Å². The molecule has 0 aromatic carbocycles. The molecule has 0 saturated heterocycles. The molecule has 0 saturated carbocycles. The number of thiophene rings is 1. The second-order valence-corrected chi connectivity index (χ2v) is 4.78. The lowest BCUT2D eigenvalue weighted by atomic mass is 10.2. The van der Waals surface area contributed by atoms with E-state index >= 15 is 0 Å². The lowest BCUT2D eigenvalue weighted by Crippen LogP contribution is -2.05. The molecule has 2 rings (SSSR count). The number of carbonyl (C=O) groups is 1. The van der Waals surface area contributed by atoms with Crippen LogP contribution >= 0.6 is 11.3 Å². The van der Waals surface area contributed by atoms with E-state index in [1.54, 1.807) is 11.3 Å². The molecule has 0 aliphatic heterocycles. The zero-order chi connectivity index (χ0) is 12.8. The first-order valence-electron chi connectivity index (χ1n) is 5.71. The zero-order valence-corrected chi connectivity index (χ0v) is 10.6. The summed E-state index contributed by atoms with van der Waals surface area (Å²) in [5.41, 5.74) is 1.10. The summed E-state index contributed by atoms with van der Waals surface area (Å²) in [6.07, 6.45) is 2.61. The Balaban J connectivity index is 1.86. The molecule has 0 aliphatic rings. The van der Waals surface area contributed by atoms with Gasteiger partial charge in [0.1, 0.15) is 5.82 Å². The standard InChI is InChI=1S/C13H14N2O2S/c16-13(17)4-1-7-14-12-6-5-10(9-15-12)11-3-2-8-18-11/h2-3,5-6,8-9H,1,4,7H2,(H,14,15)(H,16,17). The van der Waals surface area contributed by atoms with Gasteiger partial charge in [-0.3, -0.25) is 4.79 Å². The van der Waals surface area contributed by atoms with Crippen LogP contribution in [0.4, 0.5) is 5.82 Å². The van der Waals surface area contributed by atoms with E-state index in [1.165, 1.54) is 4.88 Å². The Morgan fingerprint density at radius 2 is 2.28 bits per heavy atom. The minimum atomic E-state index is -0.766. The van der Waals surface area contributed by atoms with E-state index in [4.69, 9.17) is 5.11 Å². The van der Waals surface area contributed by atoms with E-state index in [9.17, 15) is 4.79 Å². The highest BCUT2D eigenvalue weighted by Crippen LogP contribution is 2.24. The number of aliphatic carboxylic acids is 1. The number of anilines is 1. The quantitative estimate of drug-likeness (QED) is 0.785. The van der Waals surface area contributed by atoms with E-state index in [-0.39, 0.29) is 6.42 Å². The Bertz CT molecular complexity index is 494. The van der Waals surface area contributed by atoms with Crippen LogP contribution in [0.15, 0.2) is 35.8 Å². The molecule has 0 bridgehead atoms. The van der Waals surface area contributed by atoms with Gasteiger partial charge in [0.25, 0.3) is 0 Å². The predicted molar refractivity (Wildman–Crippen MR) is 72.9 cm³/mol. The van der Waals surface area contributed by atoms with Crippen molar-refractivity contribution < 1.29 is 9.90 Å². The highest BCUT2D eigenvalue weighted by molar-refractivity contribution is 7.13. The van der Waals surface area contributed by atoms with Gasteiger partial charge in [-0.1, -0.05) is 6.07 Å². The van der Waals surface area contributed by atoms with Gasteiger partial charge in [-0.25, -0.2) is 4.98 Å². The van der Waals surface area contributed by atoms with Crippen LogP contribution in [-0.2, 0) is 4.79 Å². The summed E-state index contributed by atoms with van der Waals surface area (Å²) in [7, 11) is 0. The topological polar surface area (TPSA) is 62.2 Å². The second kappa shape index (κ2) is 6.16. The molecule has 2 aromatic heterocycles. The molecule has 94 valence electrons. The van der Waals surface area contributed by atoms with E-state index < -0.39 is 5.97 Å². The summed E-state index contributed by atoms with van der Waals surface area (Å²) in [5, 5.41) is 13.6. The highest BCUT2D eigenvalue weighted by atomic mass is 32.1. The molecule has 2 N–H and O–H groups in total. The molecule has 0 radical (unpaired) electrons. The van der Waals surface area contributed by atoms with Crippen LogP contribution in [0.3, 0.4) is 0 Å². The van der Waals surface area contributed by atoms with E-state index in [0.29, 0.717) is 13.0 Å². The summed E-state index contributed by atoms with van der Waals surface area (Å²) in [5.74, 6) is 0.0125. The number of carboxylic acid groups (broad SMARTS) is 1. The maximum absolute atomic E-state index is 10.3. The summed E-state index contributed by atoms with van der Waals surface area (Å²) in [4.78, 5) is 15.8. The van der Waals surface area contributed by atoms with Gasteiger partial charge < -0.3 is 10.4 Å². The third-order valence-corrected chi connectivity index (χ3v) is 3.36. The number of hydrogen-bond donors (Lipinski definition) is 2. The molecule has 4 nitrogen and oxygen atoms in total. The van der Waals surface area contributed by atoms with Gasteiger partial charge in [0, 0.05) is 29.6 Å². The Morgan fingerprint density at radius 3 is 2.89 bits per heavy atom. The Labute approximate surface area is 109 Å². The Kier molecular flexibility index (Phi) is 4.30.